The number of ether oxygens (including phenoxy) is 2. The van der Waals surface area contributed by atoms with Crippen molar-refractivity contribution in [1.29, 1.82) is 0 Å². The zero-order chi connectivity index (χ0) is 28.4. The molecule has 0 aliphatic carbocycles. The molecular weight excluding hydrogens is 518 g/mol. The standard InChI is InChI=1S/C28H25N5O7/c1-16-24(27(34)38-3)26(19-5-4-6-20(12-19)33(36)37)25(17(2)30-16)28(35)39-14-23-31-21-8-7-18(11-22(21)40-23)13-32-10-9-29-15-32/h4-12,15,26,30H,13-14H2,1-3H3. The minimum atomic E-state index is -0.963. The number of imidazole rings is 1. The molecule has 0 bridgehead atoms. The van der Waals surface area contributed by atoms with Crippen molar-refractivity contribution in [3.63, 3.8) is 0 Å². The molecule has 0 radical (unpaired) electrons. The number of nitrogens with one attached hydrogen (secondary N) is 1. The molecule has 3 heterocycles. The quantitative estimate of drug-likeness (QED) is 0.195. The van der Waals surface area contributed by atoms with Crippen LogP contribution in [0.1, 0.15) is 36.8 Å². The Labute approximate surface area is 228 Å². The lowest BCUT2D eigenvalue weighted by Crippen LogP contribution is -2.32. The van der Waals surface area contributed by atoms with Crippen molar-refractivity contribution in [3.8, 4) is 0 Å². The zero-order valence-electron chi connectivity index (χ0n) is 21.9. The molecule has 12 heteroatoms. The fraction of sp³-hybridized carbons (Fsp3) is 0.214. The van der Waals surface area contributed by atoms with Gasteiger partial charge in [-0.15, -0.1) is 0 Å². The van der Waals surface area contributed by atoms with E-state index in [2.05, 4.69) is 15.3 Å². The first-order valence-corrected chi connectivity index (χ1v) is 12.3. The number of non-ortho nitro benzene ring substituents is 1. The summed E-state index contributed by atoms with van der Waals surface area (Å²) >= 11 is 0. The van der Waals surface area contributed by atoms with E-state index < -0.39 is 22.8 Å². The van der Waals surface area contributed by atoms with Gasteiger partial charge in [0.15, 0.2) is 12.2 Å². The predicted octanol–water partition coefficient (Wildman–Crippen LogP) is 4.13. The van der Waals surface area contributed by atoms with E-state index in [1.165, 1.54) is 25.3 Å². The van der Waals surface area contributed by atoms with Crippen LogP contribution in [-0.4, -0.2) is 38.5 Å². The molecule has 1 aliphatic rings. The van der Waals surface area contributed by atoms with E-state index in [4.69, 9.17) is 13.9 Å². The summed E-state index contributed by atoms with van der Waals surface area (Å²) < 4.78 is 18.3. The second-order valence-corrected chi connectivity index (χ2v) is 9.20. The number of nitrogens with zero attached hydrogens (tertiary/aromatic N) is 4. The maximum atomic E-state index is 13.5. The van der Waals surface area contributed by atoms with E-state index in [1.807, 2.05) is 29.0 Å². The minimum Gasteiger partial charge on any atom is -0.466 e. The number of hydrogen-bond donors (Lipinski definition) is 1. The average molecular weight is 544 g/mol. The van der Waals surface area contributed by atoms with Gasteiger partial charge in [-0.05, 0) is 37.1 Å². The maximum absolute atomic E-state index is 13.5. The number of dihydropyridines is 1. The molecule has 0 amide bonds. The van der Waals surface area contributed by atoms with Crippen molar-refractivity contribution in [2.45, 2.75) is 32.9 Å². The third kappa shape index (κ3) is 5.19. The van der Waals surface area contributed by atoms with Gasteiger partial charge in [-0.1, -0.05) is 18.2 Å². The topological polar surface area (TPSA) is 152 Å². The van der Waals surface area contributed by atoms with E-state index in [-0.39, 0.29) is 29.3 Å². The van der Waals surface area contributed by atoms with Gasteiger partial charge in [0.25, 0.3) is 5.69 Å². The largest absolute Gasteiger partial charge is 0.466 e. The molecule has 1 aliphatic heterocycles. The van der Waals surface area contributed by atoms with E-state index in [0.29, 0.717) is 34.6 Å². The van der Waals surface area contributed by atoms with Gasteiger partial charge in [0.2, 0.25) is 5.89 Å². The second kappa shape index (κ2) is 10.8. The van der Waals surface area contributed by atoms with Crippen molar-refractivity contribution in [1.82, 2.24) is 19.9 Å². The Morgan fingerprint density at radius 2 is 1.90 bits per heavy atom. The van der Waals surface area contributed by atoms with Gasteiger partial charge >= 0.3 is 11.9 Å². The molecule has 1 unspecified atom stereocenters. The van der Waals surface area contributed by atoms with Crippen LogP contribution in [0.4, 0.5) is 5.69 Å². The van der Waals surface area contributed by atoms with Gasteiger partial charge < -0.3 is 23.8 Å². The fourth-order valence-corrected chi connectivity index (χ4v) is 4.77. The number of benzene rings is 2. The van der Waals surface area contributed by atoms with Crippen molar-refractivity contribution >= 4 is 28.7 Å². The lowest BCUT2D eigenvalue weighted by Gasteiger charge is -2.30. The van der Waals surface area contributed by atoms with Gasteiger partial charge in [-0.2, -0.15) is 0 Å². The minimum absolute atomic E-state index is 0.116. The van der Waals surface area contributed by atoms with Crippen LogP contribution < -0.4 is 5.32 Å². The molecule has 2 aromatic carbocycles. The first kappa shape index (κ1) is 26.4. The number of rotatable bonds is 8. The monoisotopic (exact) mass is 543 g/mol. The summed E-state index contributed by atoms with van der Waals surface area (Å²) in [5.74, 6) is -2.18. The Hall–Kier alpha value is -5.26. The Morgan fingerprint density at radius 3 is 2.60 bits per heavy atom. The summed E-state index contributed by atoms with van der Waals surface area (Å²) in [4.78, 5) is 45.7. The highest BCUT2D eigenvalue weighted by Crippen LogP contribution is 2.40. The van der Waals surface area contributed by atoms with Crippen LogP contribution in [0.25, 0.3) is 11.1 Å². The number of carbonyl (C=O) groups excluding carboxylic acids is 2. The number of aromatic nitrogens is 3. The van der Waals surface area contributed by atoms with Gasteiger partial charge in [-0.25, -0.2) is 19.6 Å². The normalized spacial score (nSPS) is 15.2. The number of fused-ring (bicyclic) bond motifs is 1. The molecule has 5 rings (SSSR count). The number of nitro benzene ring substituents is 1. The number of esters is 2. The number of methoxy groups -OCH3 is 1. The molecule has 0 saturated carbocycles. The maximum Gasteiger partial charge on any atom is 0.337 e. The first-order chi connectivity index (χ1) is 19.2. The third-order valence-electron chi connectivity index (χ3n) is 6.55. The van der Waals surface area contributed by atoms with Gasteiger partial charge in [0.05, 0.1) is 35.4 Å². The molecule has 204 valence electrons. The number of nitro groups is 1. The molecule has 2 aromatic heterocycles. The lowest BCUT2D eigenvalue weighted by molar-refractivity contribution is -0.384. The Morgan fingerprint density at radius 1 is 1.12 bits per heavy atom. The molecule has 40 heavy (non-hydrogen) atoms. The second-order valence-electron chi connectivity index (χ2n) is 9.20. The highest BCUT2D eigenvalue weighted by Gasteiger charge is 2.38. The number of allylic oxidation sites excluding steroid dienone is 2. The van der Waals surface area contributed by atoms with Crippen LogP contribution in [0.15, 0.2) is 88.1 Å². The molecular formula is C28H25N5O7. The highest BCUT2D eigenvalue weighted by molar-refractivity contribution is 5.99. The summed E-state index contributed by atoms with van der Waals surface area (Å²) in [7, 11) is 1.23. The Kier molecular flexibility index (Phi) is 7.15. The molecule has 1 N–H and O–H groups in total. The first-order valence-electron chi connectivity index (χ1n) is 12.3. The predicted molar refractivity (Wildman–Crippen MR) is 142 cm³/mol. The molecule has 0 spiro atoms. The van der Waals surface area contributed by atoms with E-state index >= 15 is 0 Å². The summed E-state index contributed by atoms with van der Waals surface area (Å²) in [5, 5.41) is 14.5. The fourth-order valence-electron chi connectivity index (χ4n) is 4.77. The zero-order valence-corrected chi connectivity index (χ0v) is 21.9. The van der Waals surface area contributed by atoms with Crippen LogP contribution in [0.5, 0.6) is 0 Å². The smallest absolute Gasteiger partial charge is 0.337 e. The molecule has 4 aromatic rings. The third-order valence-corrected chi connectivity index (χ3v) is 6.55. The van der Waals surface area contributed by atoms with Crippen molar-refractivity contribution in [2.24, 2.45) is 0 Å². The number of oxazole rings is 1. The van der Waals surface area contributed by atoms with Gasteiger partial charge in [-0.3, -0.25) is 10.1 Å². The van der Waals surface area contributed by atoms with Crippen LogP contribution in [0.3, 0.4) is 0 Å². The molecule has 0 saturated heterocycles. The SMILES string of the molecule is COC(=O)C1=C(C)NC(C)=C(C(=O)OCc2nc3ccc(Cn4ccnc4)cc3o2)C1c1cccc([N+](=O)[O-])c1. The van der Waals surface area contributed by atoms with Gasteiger partial charge in [0.1, 0.15) is 5.52 Å². The number of hydrogen-bond acceptors (Lipinski definition) is 10. The highest BCUT2D eigenvalue weighted by atomic mass is 16.6. The summed E-state index contributed by atoms with van der Waals surface area (Å²) in [6, 6.07) is 11.4. The Balaban J connectivity index is 1.41. The van der Waals surface area contributed by atoms with Crippen molar-refractivity contribution in [2.75, 3.05) is 7.11 Å². The summed E-state index contributed by atoms with van der Waals surface area (Å²) in [5.41, 5.74) is 3.48. The lowest BCUT2D eigenvalue weighted by atomic mass is 9.80. The van der Waals surface area contributed by atoms with Crippen molar-refractivity contribution < 1.29 is 28.4 Å². The van der Waals surface area contributed by atoms with Crippen LogP contribution >= 0.6 is 0 Å². The average Bonchev–Trinajstić information content (AvgIpc) is 3.60. The Bertz CT molecular complexity index is 1680. The van der Waals surface area contributed by atoms with E-state index in [9.17, 15) is 19.7 Å². The van der Waals surface area contributed by atoms with Crippen LogP contribution in [0.2, 0.25) is 0 Å². The van der Waals surface area contributed by atoms with Crippen LogP contribution in [0, 0.1) is 10.1 Å². The molecule has 0 fully saturated rings. The van der Waals surface area contributed by atoms with Crippen molar-refractivity contribution in [3.05, 3.63) is 111 Å². The van der Waals surface area contributed by atoms with E-state index in [1.54, 1.807) is 32.4 Å². The van der Waals surface area contributed by atoms with Gasteiger partial charge in [0, 0.05) is 42.5 Å². The van der Waals surface area contributed by atoms with Crippen LogP contribution in [-0.2, 0) is 32.2 Å². The number of carbonyl (C=O) groups is 2. The summed E-state index contributed by atoms with van der Waals surface area (Å²) in [6.45, 7) is 3.68. The van der Waals surface area contributed by atoms with E-state index in [0.717, 1.165) is 5.56 Å². The summed E-state index contributed by atoms with van der Waals surface area (Å²) in [6.07, 6.45) is 5.28. The molecule has 1 atom stereocenters. The molecule has 12 nitrogen and oxygen atoms in total.